The molecule has 1 saturated heterocycles. The number of carbonyl (C=O) groups is 1. The van der Waals surface area contributed by atoms with Crippen molar-refractivity contribution in [3.63, 3.8) is 0 Å². The lowest BCUT2D eigenvalue weighted by molar-refractivity contribution is -0.131. The van der Waals surface area contributed by atoms with Crippen LogP contribution in [-0.4, -0.2) is 36.6 Å². The lowest BCUT2D eigenvalue weighted by atomic mass is 10.1. The van der Waals surface area contributed by atoms with Crippen molar-refractivity contribution >= 4 is 11.6 Å². The van der Waals surface area contributed by atoms with E-state index in [-0.39, 0.29) is 5.91 Å². The zero-order valence-corrected chi connectivity index (χ0v) is 11.8. The molecule has 0 radical (unpaired) electrons. The second-order valence-corrected chi connectivity index (χ2v) is 5.93. The average molecular weight is 274 g/mol. The summed E-state index contributed by atoms with van der Waals surface area (Å²) in [5, 5.41) is 0. The number of carbonyl (C=O) groups excluding carboxylic acids is 1. The van der Waals surface area contributed by atoms with Gasteiger partial charge in [0, 0.05) is 30.8 Å². The highest BCUT2D eigenvalue weighted by atomic mass is 16.5. The molecule has 20 heavy (non-hydrogen) atoms. The molecule has 1 heterocycles. The smallest absolute Gasteiger partial charge is 0.227 e. The van der Waals surface area contributed by atoms with Crippen LogP contribution >= 0.6 is 0 Å². The molecule has 1 aliphatic carbocycles. The van der Waals surface area contributed by atoms with Crippen LogP contribution < -0.4 is 5.73 Å². The third kappa shape index (κ3) is 3.31. The Hall–Kier alpha value is -1.55. The highest BCUT2D eigenvalue weighted by molar-refractivity contribution is 5.79. The van der Waals surface area contributed by atoms with E-state index in [1.54, 1.807) is 0 Å². The number of hydrogen-bond acceptors (Lipinski definition) is 3. The Labute approximate surface area is 119 Å². The van der Waals surface area contributed by atoms with E-state index in [1.807, 2.05) is 24.3 Å². The van der Waals surface area contributed by atoms with Crippen molar-refractivity contribution < 1.29 is 9.53 Å². The fourth-order valence-corrected chi connectivity index (χ4v) is 2.76. The molecule has 2 aliphatic rings. The molecular formula is C16H22N2O2. The molecule has 0 spiro atoms. The molecular weight excluding hydrogens is 252 g/mol. The van der Waals surface area contributed by atoms with E-state index < -0.39 is 0 Å². The first-order valence-corrected chi connectivity index (χ1v) is 7.44. The first-order chi connectivity index (χ1) is 9.72. The number of nitrogens with zero attached hydrogens (tertiary/aromatic N) is 1. The lowest BCUT2D eigenvalue weighted by Gasteiger charge is -2.25. The van der Waals surface area contributed by atoms with Crippen molar-refractivity contribution in [2.45, 2.75) is 31.7 Å². The first kappa shape index (κ1) is 13.4. The molecule has 0 aromatic heterocycles. The van der Waals surface area contributed by atoms with Crippen molar-refractivity contribution in [2.24, 2.45) is 5.92 Å². The van der Waals surface area contributed by atoms with Crippen LogP contribution in [0.4, 0.5) is 5.69 Å². The number of anilines is 1. The van der Waals surface area contributed by atoms with E-state index in [0.29, 0.717) is 18.4 Å². The third-order valence-corrected chi connectivity index (χ3v) is 4.12. The summed E-state index contributed by atoms with van der Waals surface area (Å²) < 4.78 is 5.42. The highest BCUT2D eigenvalue weighted by Gasteiger charge is 2.34. The number of amides is 1. The molecule has 108 valence electrons. The van der Waals surface area contributed by atoms with E-state index in [0.717, 1.165) is 50.3 Å². The summed E-state index contributed by atoms with van der Waals surface area (Å²) in [6, 6.07) is 8.06. The van der Waals surface area contributed by atoms with Gasteiger partial charge < -0.3 is 15.4 Å². The van der Waals surface area contributed by atoms with Crippen molar-refractivity contribution in [3.05, 3.63) is 29.8 Å². The minimum Gasteiger partial charge on any atom is -0.399 e. The van der Waals surface area contributed by atoms with Gasteiger partial charge in [0.15, 0.2) is 0 Å². The van der Waals surface area contributed by atoms with Gasteiger partial charge in [-0.2, -0.15) is 0 Å². The summed E-state index contributed by atoms with van der Waals surface area (Å²) in [4.78, 5) is 14.6. The maximum Gasteiger partial charge on any atom is 0.227 e. The number of rotatable bonds is 5. The van der Waals surface area contributed by atoms with Crippen molar-refractivity contribution in [1.82, 2.24) is 4.90 Å². The molecule has 1 aromatic carbocycles. The molecule has 1 aromatic rings. The number of ether oxygens (including phenoxy) is 1. The fraction of sp³-hybridized carbons (Fsp3) is 0.562. The van der Waals surface area contributed by atoms with E-state index in [4.69, 9.17) is 10.5 Å². The maximum absolute atomic E-state index is 12.5. The number of hydrogen-bond donors (Lipinski definition) is 1. The Balaban J connectivity index is 1.61. The van der Waals surface area contributed by atoms with Crippen LogP contribution in [0.25, 0.3) is 0 Å². The fourth-order valence-electron chi connectivity index (χ4n) is 2.76. The van der Waals surface area contributed by atoms with Crippen LogP contribution in [0.15, 0.2) is 24.3 Å². The Morgan fingerprint density at radius 2 is 2.00 bits per heavy atom. The monoisotopic (exact) mass is 274 g/mol. The molecule has 3 rings (SSSR count). The van der Waals surface area contributed by atoms with E-state index in [2.05, 4.69) is 4.90 Å². The Morgan fingerprint density at radius 3 is 2.60 bits per heavy atom. The summed E-state index contributed by atoms with van der Waals surface area (Å²) in [6.45, 7) is 2.51. The summed E-state index contributed by atoms with van der Waals surface area (Å²) in [5.41, 5.74) is 7.45. The summed E-state index contributed by atoms with van der Waals surface area (Å²) in [6.07, 6.45) is 3.87. The van der Waals surface area contributed by atoms with Crippen molar-refractivity contribution in [3.8, 4) is 0 Å². The van der Waals surface area contributed by atoms with Gasteiger partial charge in [0.25, 0.3) is 0 Å². The second kappa shape index (κ2) is 5.83. The largest absolute Gasteiger partial charge is 0.399 e. The predicted octanol–water partition coefficient (Wildman–Crippen LogP) is 1.84. The van der Waals surface area contributed by atoms with Crippen LogP contribution in [0.5, 0.6) is 0 Å². The standard InChI is InChI=1S/C16H22N2O2/c17-14-3-1-12(2-4-14)9-16(19)18(15-5-6-15)10-13-7-8-20-11-13/h1-4,13,15H,5-11,17H2. The maximum atomic E-state index is 12.5. The average Bonchev–Trinajstić information content (AvgIpc) is 3.15. The first-order valence-electron chi connectivity index (χ1n) is 7.44. The highest BCUT2D eigenvalue weighted by Crippen LogP contribution is 2.29. The number of benzene rings is 1. The van der Waals surface area contributed by atoms with Gasteiger partial charge >= 0.3 is 0 Å². The molecule has 4 nitrogen and oxygen atoms in total. The van der Waals surface area contributed by atoms with Gasteiger partial charge in [-0.15, -0.1) is 0 Å². The molecule has 1 amide bonds. The molecule has 1 saturated carbocycles. The predicted molar refractivity (Wildman–Crippen MR) is 78.2 cm³/mol. The van der Waals surface area contributed by atoms with Gasteiger partial charge in [0.05, 0.1) is 13.0 Å². The van der Waals surface area contributed by atoms with E-state index in [1.165, 1.54) is 0 Å². The van der Waals surface area contributed by atoms with Crippen LogP contribution in [0, 0.1) is 5.92 Å². The lowest BCUT2D eigenvalue weighted by Crippen LogP contribution is -2.38. The van der Waals surface area contributed by atoms with Gasteiger partial charge in [-0.05, 0) is 37.0 Å². The van der Waals surface area contributed by atoms with Crippen molar-refractivity contribution in [2.75, 3.05) is 25.5 Å². The molecule has 4 heteroatoms. The van der Waals surface area contributed by atoms with E-state index in [9.17, 15) is 4.79 Å². The quantitative estimate of drug-likeness (QED) is 0.834. The summed E-state index contributed by atoms with van der Waals surface area (Å²) >= 11 is 0. The number of nitrogens with two attached hydrogens (primary N) is 1. The third-order valence-electron chi connectivity index (χ3n) is 4.12. The zero-order valence-electron chi connectivity index (χ0n) is 11.8. The number of nitrogen functional groups attached to an aromatic ring is 1. The molecule has 1 atom stereocenters. The Bertz CT molecular complexity index is 462. The van der Waals surface area contributed by atoms with Gasteiger partial charge in [0.2, 0.25) is 5.91 Å². The minimum absolute atomic E-state index is 0.240. The van der Waals surface area contributed by atoms with Crippen LogP contribution in [0.3, 0.4) is 0 Å². The van der Waals surface area contributed by atoms with Crippen LogP contribution in [-0.2, 0) is 16.0 Å². The summed E-state index contributed by atoms with van der Waals surface area (Å²) in [5.74, 6) is 0.759. The summed E-state index contributed by atoms with van der Waals surface area (Å²) in [7, 11) is 0. The van der Waals surface area contributed by atoms with Crippen LogP contribution in [0.2, 0.25) is 0 Å². The van der Waals surface area contributed by atoms with Gasteiger partial charge in [-0.3, -0.25) is 4.79 Å². The topological polar surface area (TPSA) is 55.6 Å². The molecule has 1 aliphatic heterocycles. The van der Waals surface area contributed by atoms with Crippen LogP contribution in [0.1, 0.15) is 24.8 Å². The van der Waals surface area contributed by atoms with Gasteiger partial charge in [0.1, 0.15) is 0 Å². The second-order valence-electron chi connectivity index (χ2n) is 5.93. The Kier molecular flexibility index (Phi) is 3.92. The molecule has 2 N–H and O–H groups in total. The Morgan fingerprint density at radius 1 is 1.25 bits per heavy atom. The van der Waals surface area contributed by atoms with Gasteiger partial charge in [-0.25, -0.2) is 0 Å². The molecule has 2 fully saturated rings. The van der Waals surface area contributed by atoms with E-state index >= 15 is 0 Å². The SMILES string of the molecule is Nc1ccc(CC(=O)N(CC2CCOC2)C2CC2)cc1. The normalized spacial score (nSPS) is 21.9. The van der Waals surface area contributed by atoms with Gasteiger partial charge in [-0.1, -0.05) is 12.1 Å². The zero-order chi connectivity index (χ0) is 13.9. The minimum atomic E-state index is 0.240. The molecule has 1 unspecified atom stereocenters. The molecule has 0 bridgehead atoms. The van der Waals surface area contributed by atoms with Crippen molar-refractivity contribution in [1.29, 1.82) is 0 Å².